The number of hydrogen-bond acceptors (Lipinski definition) is 3. The van der Waals surface area contributed by atoms with Crippen molar-refractivity contribution in [1.82, 2.24) is 4.98 Å². The minimum absolute atomic E-state index is 0.127. The summed E-state index contributed by atoms with van der Waals surface area (Å²) in [6, 6.07) is 18.3. The summed E-state index contributed by atoms with van der Waals surface area (Å²) >= 11 is 0. The van der Waals surface area contributed by atoms with Crippen molar-refractivity contribution < 1.29 is 0 Å². The molecule has 0 fully saturated rings. The Morgan fingerprint density at radius 2 is 1.80 bits per heavy atom. The largest absolute Gasteiger partial charge is 0.329 e. The van der Waals surface area contributed by atoms with Crippen molar-refractivity contribution in [2.45, 2.75) is 6.04 Å². The average molecular weight is 263 g/mol. The third-order valence-electron chi connectivity index (χ3n) is 3.51. The van der Waals surface area contributed by atoms with E-state index in [2.05, 4.69) is 41.4 Å². The Balaban J connectivity index is 2.16. The highest BCUT2D eigenvalue weighted by Crippen LogP contribution is 2.28. The van der Waals surface area contributed by atoms with Crippen LogP contribution in [0.4, 0.5) is 0 Å². The van der Waals surface area contributed by atoms with Crippen LogP contribution in [0.25, 0.3) is 22.0 Å². The molecule has 3 aromatic rings. The quantitative estimate of drug-likeness (QED) is 0.763. The zero-order valence-electron chi connectivity index (χ0n) is 11.2. The second-order valence-corrected chi connectivity index (χ2v) is 4.85. The van der Waals surface area contributed by atoms with Crippen molar-refractivity contribution in [3.05, 3.63) is 66.4 Å². The summed E-state index contributed by atoms with van der Waals surface area (Å²) in [5.41, 5.74) is 16.0. The van der Waals surface area contributed by atoms with Crippen molar-refractivity contribution in [2.24, 2.45) is 11.5 Å². The second-order valence-electron chi connectivity index (χ2n) is 4.85. The third-order valence-corrected chi connectivity index (χ3v) is 3.51. The van der Waals surface area contributed by atoms with E-state index in [1.165, 1.54) is 0 Å². The summed E-state index contributed by atoms with van der Waals surface area (Å²) in [5.74, 6) is 0. The molecule has 4 N–H and O–H groups in total. The fourth-order valence-corrected chi connectivity index (χ4v) is 2.41. The predicted molar refractivity (Wildman–Crippen MR) is 83.2 cm³/mol. The van der Waals surface area contributed by atoms with Gasteiger partial charge in [0.15, 0.2) is 0 Å². The Kier molecular flexibility index (Phi) is 3.46. The van der Waals surface area contributed by atoms with Gasteiger partial charge in [-0.05, 0) is 23.3 Å². The molecule has 0 aliphatic rings. The number of para-hydroxylation sites is 1. The molecule has 0 bridgehead atoms. The highest BCUT2D eigenvalue weighted by molar-refractivity contribution is 5.93. The Morgan fingerprint density at radius 1 is 1.00 bits per heavy atom. The fraction of sp³-hybridized carbons (Fsp3) is 0.118. The molecule has 3 heteroatoms. The molecular formula is C17H17N3. The van der Waals surface area contributed by atoms with Crippen LogP contribution in [0, 0.1) is 0 Å². The molecule has 1 aromatic heterocycles. The molecule has 0 radical (unpaired) electrons. The maximum absolute atomic E-state index is 6.01. The average Bonchev–Trinajstić information content (AvgIpc) is 2.53. The van der Waals surface area contributed by atoms with Gasteiger partial charge in [0.2, 0.25) is 0 Å². The van der Waals surface area contributed by atoms with Crippen molar-refractivity contribution in [1.29, 1.82) is 0 Å². The van der Waals surface area contributed by atoms with Gasteiger partial charge in [0.1, 0.15) is 0 Å². The zero-order chi connectivity index (χ0) is 13.9. The number of aromatic nitrogens is 1. The molecule has 0 aliphatic heterocycles. The van der Waals surface area contributed by atoms with Gasteiger partial charge < -0.3 is 11.5 Å². The summed E-state index contributed by atoms with van der Waals surface area (Å²) in [6.07, 6.45) is 1.82. The zero-order valence-corrected chi connectivity index (χ0v) is 11.2. The standard InChI is InChI=1S/C17H17N3/c18-11-16(19)14-6-1-5-13(10-14)15-8-2-4-12-7-3-9-20-17(12)15/h1-10,16H,11,18-19H2/t16-/m1/s1. The van der Waals surface area contributed by atoms with Crippen LogP contribution in [-0.2, 0) is 0 Å². The van der Waals surface area contributed by atoms with Crippen LogP contribution < -0.4 is 11.5 Å². The molecule has 0 spiro atoms. The van der Waals surface area contributed by atoms with E-state index in [1.54, 1.807) is 0 Å². The number of nitrogens with two attached hydrogens (primary N) is 2. The van der Waals surface area contributed by atoms with Gasteiger partial charge in [-0.2, -0.15) is 0 Å². The van der Waals surface area contributed by atoms with Gasteiger partial charge in [-0.3, -0.25) is 4.98 Å². The summed E-state index contributed by atoms with van der Waals surface area (Å²) in [5, 5.41) is 1.14. The van der Waals surface area contributed by atoms with Crippen LogP contribution in [0.15, 0.2) is 60.8 Å². The lowest BCUT2D eigenvalue weighted by molar-refractivity contribution is 0.737. The number of pyridine rings is 1. The van der Waals surface area contributed by atoms with Gasteiger partial charge in [-0.25, -0.2) is 0 Å². The van der Waals surface area contributed by atoms with Crippen LogP contribution in [0.5, 0.6) is 0 Å². The van der Waals surface area contributed by atoms with Gasteiger partial charge in [-0.15, -0.1) is 0 Å². The van der Waals surface area contributed by atoms with E-state index in [9.17, 15) is 0 Å². The SMILES string of the molecule is NC[C@@H](N)c1cccc(-c2cccc3cccnc23)c1. The molecule has 20 heavy (non-hydrogen) atoms. The van der Waals surface area contributed by atoms with Crippen LogP contribution in [-0.4, -0.2) is 11.5 Å². The molecule has 0 saturated carbocycles. The van der Waals surface area contributed by atoms with Crippen molar-refractivity contribution in [3.63, 3.8) is 0 Å². The summed E-state index contributed by atoms with van der Waals surface area (Å²) in [6.45, 7) is 0.442. The molecule has 100 valence electrons. The Hall–Kier alpha value is -2.23. The maximum atomic E-state index is 6.01. The third kappa shape index (κ3) is 2.29. The molecule has 1 atom stereocenters. The summed E-state index contributed by atoms with van der Waals surface area (Å²) in [4.78, 5) is 4.50. The lowest BCUT2D eigenvalue weighted by Gasteiger charge is -2.12. The first-order valence-corrected chi connectivity index (χ1v) is 6.69. The van der Waals surface area contributed by atoms with Crippen LogP contribution >= 0.6 is 0 Å². The van der Waals surface area contributed by atoms with Gasteiger partial charge in [-0.1, -0.05) is 42.5 Å². The number of hydrogen-bond donors (Lipinski definition) is 2. The van der Waals surface area contributed by atoms with E-state index in [4.69, 9.17) is 11.5 Å². The topological polar surface area (TPSA) is 64.9 Å². The summed E-state index contributed by atoms with van der Waals surface area (Å²) < 4.78 is 0. The lowest BCUT2D eigenvalue weighted by atomic mass is 9.98. The maximum Gasteiger partial charge on any atom is 0.0780 e. The molecule has 0 amide bonds. The highest BCUT2D eigenvalue weighted by Gasteiger charge is 2.08. The molecule has 3 nitrogen and oxygen atoms in total. The van der Waals surface area contributed by atoms with E-state index >= 15 is 0 Å². The number of fused-ring (bicyclic) bond motifs is 1. The molecule has 3 rings (SSSR count). The Labute approximate surface area is 118 Å². The Bertz CT molecular complexity index is 732. The lowest BCUT2D eigenvalue weighted by Crippen LogP contribution is -2.20. The Morgan fingerprint density at radius 3 is 2.65 bits per heavy atom. The molecule has 0 unspecified atom stereocenters. The van der Waals surface area contributed by atoms with Gasteiger partial charge in [0, 0.05) is 29.7 Å². The van der Waals surface area contributed by atoms with E-state index in [-0.39, 0.29) is 6.04 Å². The fourth-order valence-electron chi connectivity index (χ4n) is 2.41. The first-order valence-electron chi connectivity index (χ1n) is 6.69. The van der Waals surface area contributed by atoms with Crippen molar-refractivity contribution in [2.75, 3.05) is 6.54 Å². The van der Waals surface area contributed by atoms with E-state index in [1.807, 2.05) is 24.4 Å². The minimum Gasteiger partial charge on any atom is -0.329 e. The molecule has 0 aliphatic carbocycles. The molecule has 1 heterocycles. The molecular weight excluding hydrogens is 246 g/mol. The number of benzene rings is 2. The van der Waals surface area contributed by atoms with Gasteiger partial charge >= 0.3 is 0 Å². The first-order chi connectivity index (χ1) is 9.79. The van der Waals surface area contributed by atoms with Crippen LogP contribution in [0.2, 0.25) is 0 Å². The van der Waals surface area contributed by atoms with Crippen LogP contribution in [0.1, 0.15) is 11.6 Å². The van der Waals surface area contributed by atoms with Crippen molar-refractivity contribution >= 4 is 10.9 Å². The van der Waals surface area contributed by atoms with Crippen molar-refractivity contribution in [3.8, 4) is 11.1 Å². The van der Waals surface area contributed by atoms with Gasteiger partial charge in [0.25, 0.3) is 0 Å². The van der Waals surface area contributed by atoms with Crippen LogP contribution in [0.3, 0.4) is 0 Å². The van der Waals surface area contributed by atoms with E-state index in [0.717, 1.165) is 27.6 Å². The van der Waals surface area contributed by atoms with E-state index < -0.39 is 0 Å². The smallest absolute Gasteiger partial charge is 0.0780 e. The first kappa shape index (κ1) is 12.8. The summed E-state index contributed by atoms with van der Waals surface area (Å²) in [7, 11) is 0. The van der Waals surface area contributed by atoms with E-state index in [0.29, 0.717) is 6.54 Å². The molecule has 2 aromatic carbocycles. The van der Waals surface area contributed by atoms with Gasteiger partial charge in [0.05, 0.1) is 5.52 Å². The monoisotopic (exact) mass is 263 g/mol. The predicted octanol–water partition coefficient (Wildman–Crippen LogP) is 2.86. The highest BCUT2D eigenvalue weighted by atomic mass is 14.7. The molecule has 0 saturated heterocycles. The number of rotatable bonds is 3. The number of nitrogens with zero attached hydrogens (tertiary/aromatic N) is 1. The second kappa shape index (κ2) is 5.41. The normalized spacial score (nSPS) is 12.5. The minimum atomic E-state index is -0.127.